The molecule has 0 saturated heterocycles. The van der Waals surface area contributed by atoms with Crippen molar-refractivity contribution in [2.24, 2.45) is 0 Å². The number of hydrogen-bond donors (Lipinski definition) is 1. The summed E-state index contributed by atoms with van der Waals surface area (Å²) >= 11 is 0. The second-order valence-electron chi connectivity index (χ2n) is 6.72. The number of fused-ring (bicyclic) bond motifs is 9. The number of aromatic amines is 1. The Morgan fingerprint density at radius 2 is 2.07 bits per heavy atom. The second kappa shape index (κ2) is 5.82. The molecule has 11 heteroatoms. The molecule has 5 rings (SSSR count). The summed E-state index contributed by atoms with van der Waals surface area (Å²) in [7, 11) is 0. The maximum Gasteiger partial charge on any atom is 0.387 e. The van der Waals surface area contributed by atoms with Gasteiger partial charge in [0.05, 0.1) is 17.9 Å². The van der Waals surface area contributed by atoms with Crippen molar-refractivity contribution in [1.82, 2.24) is 19.5 Å². The number of rotatable bonds is 2. The van der Waals surface area contributed by atoms with Gasteiger partial charge in [-0.2, -0.15) is 18.3 Å². The minimum Gasteiger partial charge on any atom is -0.431 e. The Bertz CT molecular complexity index is 1350. The minimum atomic E-state index is -3.43. The summed E-state index contributed by atoms with van der Waals surface area (Å²) in [5, 5.41) is 4.14. The molecule has 1 aliphatic carbocycles. The summed E-state index contributed by atoms with van der Waals surface area (Å²) in [6, 6.07) is 0.564. The lowest BCUT2D eigenvalue weighted by molar-refractivity contribution is -0.0529. The Morgan fingerprint density at radius 1 is 1.28 bits per heavy atom. The lowest BCUT2D eigenvalue weighted by atomic mass is 9.89. The molecular formula is C18H12F4N4O3. The minimum absolute atomic E-state index is 0.0265. The van der Waals surface area contributed by atoms with Crippen LogP contribution in [0, 0.1) is 11.6 Å². The zero-order valence-corrected chi connectivity index (χ0v) is 14.2. The van der Waals surface area contributed by atoms with Gasteiger partial charge in [0.15, 0.2) is 11.6 Å². The van der Waals surface area contributed by atoms with Crippen molar-refractivity contribution in [2.45, 2.75) is 25.0 Å². The number of carbonyl (C=O) groups is 1. The lowest BCUT2D eigenvalue weighted by Crippen LogP contribution is -2.30. The number of ether oxygens (including phenoxy) is 1. The van der Waals surface area contributed by atoms with Gasteiger partial charge in [0.25, 0.3) is 11.5 Å². The van der Waals surface area contributed by atoms with E-state index in [1.165, 1.54) is 0 Å². The molecule has 2 aromatic heterocycles. The number of hydrogen-bond acceptors (Lipinski definition) is 4. The van der Waals surface area contributed by atoms with E-state index in [2.05, 4.69) is 14.8 Å². The highest BCUT2D eigenvalue weighted by Crippen LogP contribution is 2.53. The fourth-order valence-electron chi connectivity index (χ4n) is 4.13. The second-order valence-corrected chi connectivity index (χ2v) is 6.72. The van der Waals surface area contributed by atoms with Crippen LogP contribution in [0.25, 0.3) is 5.65 Å². The third-order valence-corrected chi connectivity index (χ3v) is 5.25. The van der Waals surface area contributed by atoms with Crippen LogP contribution in [0.15, 0.2) is 23.1 Å². The van der Waals surface area contributed by atoms with E-state index in [4.69, 9.17) is 4.11 Å². The van der Waals surface area contributed by atoms with Crippen molar-refractivity contribution in [3.8, 4) is 5.75 Å². The lowest BCUT2D eigenvalue weighted by Gasteiger charge is -2.23. The Kier molecular flexibility index (Phi) is 2.93. The Hall–Kier alpha value is -3.37. The molecule has 3 heterocycles. The monoisotopic (exact) mass is 411 g/mol. The van der Waals surface area contributed by atoms with Gasteiger partial charge in [-0.1, -0.05) is 0 Å². The molecular weight excluding hydrogens is 396 g/mol. The number of amides is 1. The van der Waals surface area contributed by atoms with E-state index in [1.807, 2.05) is 0 Å². The predicted molar refractivity (Wildman–Crippen MR) is 90.1 cm³/mol. The number of halogens is 4. The smallest absolute Gasteiger partial charge is 0.387 e. The quantitative estimate of drug-likeness (QED) is 0.658. The standard InChI is InChI=1S/C18H12F4N4O3/c1-25-10-4-7(12-13(10)24-26-5-9(20)16(27)23-15(12)26)11-6(17(25)28)2-3-8(19)14(11)29-18(21)22/h2-3,5,7,10,18H,4H2,1H3,(H,23,27)/t7-,10-/m1/s1/i1D3. The van der Waals surface area contributed by atoms with Crippen LogP contribution in [0.3, 0.4) is 0 Å². The fourth-order valence-corrected chi connectivity index (χ4v) is 4.13. The van der Waals surface area contributed by atoms with Gasteiger partial charge >= 0.3 is 6.61 Å². The average molecular weight is 411 g/mol. The Morgan fingerprint density at radius 3 is 2.79 bits per heavy atom. The summed E-state index contributed by atoms with van der Waals surface area (Å²) < 4.78 is 83.5. The molecule has 2 atom stereocenters. The molecule has 1 N–H and O–H groups in total. The summed E-state index contributed by atoms with van der Waals surface area (Å²) in [6.07, 6.45) is 0.622. The normalized spacial score (nSPS) is 22.2. The van der Waals surface area contributed by atoms with Crippen molar-refractivity contribution in [2.75, 3.05) is 6.98 Å². The van der Waals surface area contributed by atoms with Crippen LogP contribution >= 0.6 is 0 Å². The molecule has 0 saturated carbocycles. The van der Waals surface area contributed by atoms with Gasteiger partial charge in [-0.15, -0.1) is 0 Å². The van der Waals surface area contributed by atoms with Crippen molar-refractivity contribution in [3.63, 3.8) is 0 Å². The molecule has 2 aliphatic rings. The van der Waals surface area contributed by atoms with Gasteiger partial charge in [0, 0.05) is 33.7 Å². The van der Waals surface area contributed by atoms with E-state index in [0.29, 0.717) is 4.90 Å². The Balaban J connectivity index is 1.89. The van der Waals surface area contributed by atoms with Gasteiger partial charge in [-0.3, -0.25) is 9.59 Å². The van der Waals surface area contributed by atoms with Crippen LogP contribution in [-0.2, 0) is 0 Å². The van der Waals surface area contributed by atoms with Gasteiger partial charge < -0.3 is 14.6 Å². The maximum atomic E-state index is 14.6. The highest BCUT2D eigenvalue weighted by atomic mass is 19.3. The first-order valence-electron chi connectivity index (χ1n) is 9.91. The van der Waals surface area contributed by atoms with Crippen LogP contribution in [0.5, 0.6) is 5.75 Å². The average Bonchev–Trinajstić information content (AvgIpc) is 3.15. The maximum absolute atomic E-state index is 14.6. The number of aromatic nitrogens is 3. The van der Waals surface area contributed by atoms with Crippen molar-refractivity contribution < 1.29 is 31.2 Å². The molecule has 1 aliphatic heterocycles. The SMILES string of the molecule is [2H]C([2H])([2H])N1C(=O)c2ccc(F)c(OC(F)F)c2[C@H]2C[C@@H]1c1nn3cc(F)c(=O)[nH]c3c12. The molecule has 0 radical (unpaired) electrons. The summed E-state index contributed by atoms with van der Waals surface area (Å²) in [4.78, 5) is 27.9. The molecule has 0 spiro atoms. The van der Waals surface area contributed by atoms with Crippen LogP contribution in [0.4, 0.5) is 17.6 Å². The molecule has 3 aromatic rings. The number of carbonyl (C=O) groups excluding carboxylic acids is 1. The van der Waals surface area contributed by atoms with Gasteiger partial charge in [-0.05, 0) is 18.6 Å². The van der Waals surface area contributed by atoms with E-state index in [1.54, 1.807) is 0 Å². The van der Waals surface area contributed by atoms with Crippen LogP contribution in [0.1, 0.15) is 49.7 Å². The molecule has 150 valence electrons. The first-order chi connectivity index (χ1) is 15.0. The number of nitrogens with zero attached hydrogens (tertiary/aromatic N) is 3. The molecule has 1 aromatic carbocycles. The first-order valence-corrected chi connectivity index (χ1v) is 8.41. The molecule has 29 heavy (non-hydrogen) atoms. The van der Waals surface area contributed by atoms with Crippen molar-refractivity contribution in [1.29, 1.82) is 0 Å². The zero-order valence-electron chi connectivity index (χ0n) is 17.2. The third-order valence-electron chi connectivity index (χ3n) is 5.25. The van der Waals surface area contributed by atoms with Gasteiger partial charge in [0.1, 0.15) is 5.65 Å². The molecule has 0 fully saturated rings. The van der Waals surface area contributed by atoms with Crippen LogP contribution < -0.4 is 10.3 Å². The van der Waals surface area contributed by atoms with Crippen molar-refractivity contribution >= 4 is 11.6 Å². The summed E-state index contributed by atoms with van der Waals surface area (Å²) in [5.74, 6) is -5.34. The van der Waals surface area contributed by atoms with Crippen LogP contribution in [-0.4, -0.2) is 39.0 Å². The van der Waals surface area contributed by atoms with Crippen LogP contribution in [0.2, 0.25) is 0 Å². The zero-order chi connectivity index (χ0) is 23.1. The highest BCUT2D eigenvalue weighted by molar-refractivity contribution is 5.98. The number of nitrogens with one attached hydrogen (secondary N) is 1. The molecule has 0 unspecified atom stereocenters. The van der Waals surface area contributed by atoms with Crippen molar-refractivity contribution in [3.05, 3.63) is 62.7 Å². The van der Waals surface area contributed by atoms with E-state index < -0.39 is 54.4 Å². The Labute approximate surface area is 163 Å². The predicted octanol–water partition coefficient (Wildman–Crippen LogP) is 2.56. The van der Waals surface area contributed by atoms with E-state index >= 15 is 0 Å². The van der Waals surface area contributed by atoms with E-state index in [0.717, 1.165) is 22.8 Å². The third kappa shape index (κ3) is 2.33. The first kappa shape index (κ1) is 14.6. The molecule has 7 nitrogen and oxygen atoms in total. The topological polar surface area (TPSA) is 79.7 Å². The largest absolute Gasteiger partial charge is 0.431 e. The van der Waals surface area contributed by atoms with E-state index in [9.17, 15) is 27.2 Å². The van der Waals surface area contributed by atoms with Gasteiger partial charge in [0.2, 0.25) is 5.82 Å². The van der Waals surface area contributed by atoms with E-state index in [-0.39, 0.29) is 34.5 Å². The number of alkyl halides is 2. The fraction of sp³-hybridized carbons (Fsp3) is 0.278. The molecule has 2 bridgehead atoms. The van der Waals surface area contributed by atoms with Gasteiger partial charge in [-0.25, -0.2) is 8.91 Å². The number of benzene rings is 1. The summed E-state index contributed by atoms with van der Waals surface area (Å²) in [5.41, 5.74) is -1.55. The number of H-pyrrole nitrogens is 1. The summed E-state index contributed by atoms with van der Waals surface area (Å²) in [6.45, 7) is -6.40. The highest BCUT2D eigenvalue weighted by Gasteiger charge is 2.47. The molecule has 1 amide bonds.